The van der Waals surface area contributed by atoms with E-state index >= 15 is 0 Å². The Balaban J connectivity index is 1.93. The minimum absolute atomic E-state index is 0.0776. The van der Waals surface area contributed by atoms with Gasteiger partial charge in [0.25, 0.3) is 5.91 Å². The second kappa shape index (κ2) is 7.33. The van der Waals surface area contributed by atoms with E-state index in [1.165, 1.54) is 24.3 Å². The van der Waals surface area contributed by atoms with E-state index in [-0.39, 0.29) is 24.4 Å². The Labute approximate surface area is 128 Å². The molecule has 7 heteroatoms. The molecule has 0 bridgehead atoms. The lowest BCUT2D eigenvalue weighted by atomic mass is 10.1. The summed E-state index contributed by atoms with van der Waals surface area (Å²) in [6.45, 7) is 1.61. The molecule has 0 aliphatic carbocycles. The molecule has 1 heterocycles. The number of carbonyl (C=O) groups is 2. The first-order valence-corrected chi connectivity index (χ1v) is 7.02. The van der Waals surface area contributed by atoms with Crippen LogP contribution in [-0.2, 0) is 9.53 Å². The number of rotatable bonds is 5. The Hall–Kier alpha value is -1.99. The SMILES string of the molecule is CN(CC(=O)O)CC1CN(C(=O)c2ccc(F)cc2)CCO1. The van der Waals surface area contributed by atoms with E-state index in [1.54, 1.807) is 16.8 Å². The molecule has 1 aromatic carbocycles. The predicted octanol–water partition coefficient (Wildman–Crippen LogP) is 0.683. The molecule has 120 valence electrons. The highest BCUT2D eigenvalue weighted by atomic mass is 19.1. The highest BCUT2D eigenvalue weighted by Gasteiger charge is 2.26. The summed E-state index contributed by atoms with van der Waals surface area (Å²) < 4.78 is 18.5. The summed E-state index contributed by atoms with van der Waals surface area (Å²) in [6.07, 6.45) is -0.234. The molecule has 1 fully saturated rings. The maximum absolute atomic E-state index is 12.9. The molecule has 2 rings (SSSR count). The molecule has 0 saturated carbocycles. The Morgan fingerprint density at radius 2 is 2.09 bits per heavy atom. The van der Waals surface area contributed by atoms with Crippen molar-refractivity contribution in [2.24, 2.45) is 0 Å². The molecule has 6 nitrogen and oxygen atoms in total. The van der Waals surface area contributed by atoms with E-state index in [2.05, 4.69) is 0 Å². The number of aliphatic carboxylic acids is 1. The van der Waals surface area contributed by atoms with Crippen molar-refractivity contribution in [3.05, 3.63) is 35.6 Å². The lowest BCUT2D eigenvalue weighted by Crippen LogP contribution is -2.49. The minimum Gasteiger partial charge on any atom is -0.480 e. The molecule has 1 aromatic rings. The van der Waals surface area contributed by atoms with Gasteiger partial charge in [-0.25, -0.2) is 4.39 Å². The van der Waals surface area contributed by atoms with Crippen molar-refractivity contribution < 1.29 is 23.8 Å². The van der Waals surface area contributed by atoms with Crippen LogP contribution in [0.2, 0.25) is 0 Å². The van der Waals surface area contributed by atoms with Crippen LogP contribution in [-0.4, -0.2) is 72.7 Å². The van der Waals surface area contributed by atoms with Crippen molar-refractivity contribution in [2.45, 2.75) is 6.10 Å². The minimum atomic E-state index is -0.905. The largest absolute Gasteiger partial charge is 0.480 e. The predicted molar refractivity (Wildman–Crippen MR) is 77.2 cm³/mol. The summed E-state index contributed by atoms with van der Waals surface area (Å²) >= 11 is 0. The number of carboxylic acid groups (broad SMARTS) is 1. The zero-order chi connectivity index (χ0) is 16.1. The number of hydrogen-bond acceptors (Lipinski definition) is 4. The smallest absolute Gasteiger partial charge is 0.317 e. The third-order valence-corrected chi connectivity index (χ3v) is 3.44. The van der Waals surface area contributed by atoms with Gasteiger partial charge in [-0.1, -0.05) is 0 Å². The summed E-state index contributed by atoms with van der Waals surface area (Å²) in [5, 5.41) is 8.75. The van der Waals surface area contributed by atoms with Crippen molar-refractivity contribution in [3.63, 3.8) is 0 Å². The number of halogens is 1. The molecule has 1 unspecified atom stereocenters. The van der Waals surface area contributed by atoms with Crippen LogP contribution in [0.1, 0.15) is 10.4 Å². The topological polar surface area (TPSA) is 70.1 Å². The highest BCUT2D eigenvalue weighted by molar-refractivity contribution is 5.94. The van der Waals surface area contributed by atoms with Crippen LogP contribution in [0.15, 0.2) is 24.3 Å². The Morgan fingerprint density at radius 3 is 2.73 bits per heavy atom. The first kappa shape index (κ1) is 16.4. The van der Waals surface area contributed by atoms with Crippen LogP contribution in [0.4, 0.5) is 4.39 Å². The zero-order valence-electron chi connectivity index (χ0n) is 12.4. The highest BCUT2D eigenvalue weighted by Crippen LogP contribution is 2.12. The van der Waals surface area contributed by atoms with E-state index in [1.807, 2.05) is 0 Å². The number of morpholine rings is 1. The van der Waals surface area contributed by atoms with Crippen LogP contribution >= 0.6 is 0 Å². The van der Waals surface area contributed by atoms with Crippen molar-refractivity contribution in [1.29, 1.82) is 0 Å². The number of amides is 1. The van der Waals surface area contributed by atoms with Crippen LogP contribution in [0, 0.1) is 5.82 Å². The normalized spacial score (nSPS) is 18.5. The quantitative estimate of drug-likeness (QED) is 0.866. The fourth-order valence-electron chi connectivity index (χ4n) is 2.43. The second-order valence-corrected chi connectivity index (χ2v) is 5.34. The maximum atomic E-state index is 12.9. The van der Waals surface area contributed by atoms with Gasteiger partial charge < -0.3 is 14.7 Å². The second-order valence-electron chi connectivity index (χ2n) is 5.34. The standard InChI is InChI=1S/C15H19FN2O4/c1-17(10-14(19)20)8-13-9-18(6-7-22-13)15(21)11-2-4-12(16)5-3-11/h2-5,13H,6-10H2,1H3,(H,19,20). The zero-order valence-corrected chi connectivity index (χ0v) is 12.4. The fraction of sp³-hybridized carbons (Fsp3) is 0.467. The molecule has 1 aliphatic rings. The van der Waals surface area contributed by atoms with Gasteiger partial charge in [0.05, 0.1) is 19.3 Å². The third-order valence-electron chi connectivity index (χ3n) is 3.44. The van der Waals surface area contributed by atoms with E-state index in [0.717, 1.165) is 0 Å². The van der Waals surface area contributed by atoms with Crippen LogP contribution in [0.25, 0.3) is 0 Å². The molecule has 1 N–H and O–H groups in total. The number of hydrogen-bond donors (Lipinski definition) is 1. The molecule has 0 aromatic heterocycles. The molecular formula is C15H19FN2O4. The van der Waals surface area contributed by atoms with Gasteiger partial charge in [-0.05, 0) is 31.3 Å². The van der Waals surface area contributed by atoms with E-state index in [4.69, 9.17) is 9.84 Å². The first-order chi connectivity index (χ1) is 10.5. The van der Waals surface area contributed by atoms with Crippen molar-refractivity contribution in [3.8, 4) is 0 Å². The first-order valence-electron chi connectivity index (χ1n) is 7.02. The average Bonchev–Trinajstić information content (AvgIpc) is 2.46. The molecule has 22 heavy (non-hydrogen) atoms. The van der Waals surface area contributed by atoms with Crippen LogP contribution < -0.4 is 0 Å². The van der Waals surface area contributed by atoms with Gasteiger partial charge >= 0.3 is 5.97 Å². The molecule has 0 spiro atoms. The summed E-state index contributed by atoms with van der Waals surface area (Å²) in [4.78, 5) is 26.3. The number of likely N-dealkylation sites (N-methyl/N-ethyl adjacent to an activating group) is 1. The number of ether oxygens (including phenoxy) is 1. The summed E-state index contributed by atoms with van der Waals surface area (Å²) in [6, 6.07) is 5.43. The van der Waals surface area contributed by atoms with E-state index < -0.39 is 5.97 Å². The van der Waals surface area contributed by atoms with E-state index in [9.17, 15) is 14.0 Å². The molecule has 1 atom stereocenters. The average molecular weight is 310 g/mol. The molecule has 1 saturated heterocycles. The Kier molecular flexibility index (Phi) is 5.46. The van der Waals surface area contributed by atoms with Gasteiger partial charge in [0.15, 0.2) is 0 Å². The Bertz CT molecular complexity index is 535. The molecule has 0 radical (unpaired) electrons. The lowest BCUT2D eigenvalue weighted by Gasteiger charge is -2.34. The van der Waals surface area contributed by atoms with Gasteiger partial charge in [-0.3, -0.25) is 14.5 Å². The molecule has 1 amide bonds. The van der Waals surface area contributed by atoms with Gasteiger partial charge in [0.2, 0.25) is 0 Å². The summed E-state index contributed by atoms with van der Waals surface area (Å²) in [7, 11) is 1.69. The summed E-state index contributed by atoms with van der Waals surface area (Å²) in [5.41, 5.74) is 0.431. The fourth-order valence-corrected chi connectivity index (χ4v) is 2.43. The maximum Gasteiger partial charge on any atom is 0.317 e. The third kappa shape index (κ3) is 4.51. The van der Waals surface area contributed by atoms with Crippen molar-refractivity contribution >= 4 is 11.9 Å². The van der Waals surface area contributed by atoms with Crippen molar-refractivity contribution in [2.75, 3.05) is 39.8 Å². The van der Waals surface area contributed by atoms with Gasteiger partial charge in [0, 0.05) is 25.2 Å². The van der Waals surface area contributed by atoms with Crippen molar-refractivity contribution in [1.82, 2.24) is 9.80 Å². The lowest BCUT2D eigenvalue weighted by molar-refractivity contribution is -0.138. The van der Waals surface area contributed by atoms with Gasteiger partial charge in [0.1, 0.15) is 5.82 Å². The van der Waals surface area contributed by atoms with Crippen LogP contribution in [0.3, 0.4) is 0 Å². The molecular weight excluding hydrogens is 291 g/mol. The number of carboxylic acids is 1. The number of nitrogens with zero attached hydrogens (tertiary/aromatic N) is 2. The van der Waals surface area contributed by atoms with Crippen LogP contribution in [0.5, 0.6) is 0 Å². The van der Waals surface area contributed by atoms with E-state index in [0.29, 0.717) is 31.8 Å². The monoisotopic (exact) mass is 310 g/mol. The summed E-state index contributed by atoms with van der Waals surface area (Å²) in [5.74, 6) is -1.46. The van der Waals surface area contributed by atoms with Gasteiger partial charge in [-0.15, -0.1) is 0 Å². The number of benzene rings is 1. The number of carbonyl (C=O) groups excluding carboxylic acids is 1. The molecule has 1 aliphatic heterocycles. The Morgan fingerprint density at radius 1 is 1.41 bits per heavy atom. The van der Waals surface area contributed by atoms with Gasteiger partial charge in [-0.2, -0.15) is 0 Å².